The van der Waals surface area contributed by atoms with E-state index in [9.17, 15) is 4.39 Å². The number of benzene rings is 1. The number of ether oxygens (including phenoxy) is 1. The molecule has 0 saturated carbocycles. The lowest BCUT2D eigenvalue weighted by Gasteiger charge is -2.04. The van der Waals surface area contributed by atoms with Crippen LogP contribution < -0.4 is 4.74 Å². The number of fused-ring (bicyclic) bond motifs is 1. The molecule has 0 aliphatic carbocycles. The van der Waals surface area contributed by atoms with Gasteiger partial charge in [-0.15, -0.1) is 0 Å². The van der Waals surface area contributed by atoms with Crippen LogP contribution in [-0.2, 0) is 0 Å². The van der Waals surface area contributed by atoms with Gasteiger partial charge in [-0.05, 0) is 34.1 Å². The predicted octanol–water partition coefficient (Wildman–Crippen LogP) is 3.15. The zero-order chi connectivity index (χ0) is 10.1. The van der Waals surface area contributed by atoms with Crippen molar-refractivity contribution in [2.24, 2.45) is 0 Å². The highest BCUT2D eigenvalue weighted by atomic mass is 79.9. The zero-order valence-corrected chi connectivity index (χ0v) is 9.01. The maximum Gasteiger partial charge on any atom is 0.138 e. The monoisotopic (exact) mass is 255 g/mol. The third kappa shape index (κ3) is 1.46. The summed E-state index contributed by atoms with van der Waals surface area (Å²) in [4.78, 5) is 4.12. The standard InChI is InChI=1S/C10H7BrFNO/c1-14-10-2-3-13-9-5-7(11)8(12)4-6(9)10/h2-5H,1H3. The minimum atomic E-state index is -0.316. The van der Waals surface area contributed by atoms with E-state index >= 15 is 0 Å². The molecule has 0 atom stereocenters. The molecule has 1 aromatic heterocycles. The quantitative estimate of drug-likeness (QED) is 0.781. The molecule has 0 bridgehead atoms. The summed E-state index contributed by atoms with van der Waals surface area (Å²) >= 11 is 3.11. The van der Waals surface area contributed by atoms with Gasteiger partial charge in [-0.1, -0.05) is 0 Å². The fourth-order valence-corrected chi connectivity index (χ4v) is 1.62. The number of pyridine rings is 1. The first-order chi connectivity index (χ1) is 6.72. The first-order valence-electron chi connectivity index (χ1n) is 4.00. The summed E-state index contributed by atoms with van der Waals surface area (Å²) < 4.78 is 18.7. The smallest absolute Gasteiger partial charge is 0.138 e. The van der Waals surface area contributed by atoms with Crippen LogP contribution in [0, 0.1) is 5.82 Å². The van der Waals surface area contributed by atoms with E-state index in [2.05, 4.69) is 20.9 Å². The molecule has 0 N–H and O–H groups in total. The number of methoxy groups -OCH3 is 1. The van der Waals surface area contributed by atoms with Gasteiger partial charge in [0.25, 0.3) is 0 Å². The van der Waals surface area contributed by atoms with Crippen molar-refractivity contribution in [2.75, 3.05) is 7.11 Å². The second-order valence-corrected chi connectivity index (χ2v) is 3.65. The van der Waals surface area contributed by atoms with E-state index in [-0.39, 0.29) is 5.82 Å². The van der Waals surface area contributed by atoms with Crippen LogP contribution in [0.5, 0.6) is 5.75 Å². The van der Waals surface area contributed by atoms with Gasteiger partial charge in [0, 0.05) is 11.6 Å². The molecule has 0 spiro atoms. The molecular weight excluding hydrogens is 249 g/mol. The fraction of sp³-hybridized carbons (Fsp3) is 0.100. The Kier molecular flexibility index (Phi) is 2.37. The van der Waals surface area contributed by atoms with Gasteiger partial charge in [-0.2, -0.15) is 0 Å². The van der Waals surface area contributed by atoms with Gasteiger partial charge in [0.15, 0.2) is 0 Å². The molecule has 4 heteroatoms. The van der Waals surface area contributed by atoms with Crippen molar-refractivity contribution in [3.63, 3.8) is 0 Å². The maximum atomic E-state index is 13.2. The van der Waals surface area contributed by atoms with Crippen molar-refractivity contribution in [1.29, 1.82) is 0 Å². The Labute approximate surface area is 88.8 Å². The van der Waals surface area contributed by atoms with E-state index in [1.807, 2.05) is 0 Å². The van der Waals surface area contributed by atoms with Gasteiger partial charge in [0.2, 0.25) is 0 Å². The maximum absolute atomic E-state index is 13.2. The second-order valence-electron chi connectivity index (χ2n) is 2.80. The summed E-state index contributed by atoms with van der Waals surface area (Å²) in [7, 11) is 1.55. The molecule has 72 valence electrons. The molecule has 1 aromatic carbocycles. The Morgan fingerprint density at radius 1 is 1.43 bits per heavy atom. The number of hydrogen-bond acceptors (Lipinski definition) is 2. The zero-order valence-electron chi connectivity index (χ0n) is 7.42. The van der Waals surface area contributed by atoms with Gasteiger partial charge in [-0.25, -0.2) is 4.39 Å². The average Bonchev–Trinajstić information content (AvgIpc) is 2.19. The Balaban J connectivity index is 2.81. The van der Waals surface area contributed by atoms with Crippen molar-refractivity contribution in [3.05, 3.63) is 34.7 Å². The van der Waals surface area contributed by atoms with Crippen molar-refractivity contribution < 1.29 is 9.13 Å². The first kappa shape index (κ1) is 9.40. The van der Waals surface area contributed by atoms with Crippen LogP contribution in [0.1, 0.15) is 0 Å². The van der Waals surface area contributed by atoms with Gasteiger partial charge in [0.05, 0.1) is 17.1 Å². The first-order valence-corrected chi connectivity index (χ1v) is 4.79. The highest BCUT2D eigenvalue weighted by Gasteiger charge is 2.06. The van der Waals surface area contributed by atoms with Gasteiger partial charge < -0.3 is 4.74 Å². The van der Waals surface area contributed by atoms with Crippen molar-refractivity contribution in [3.8, 4) is 5.75 Å². The summed E-state index contributed by atoms with van der Waals surface area (Å²) in [6, 6.07) is 4.74. The van der Waals surface area contributed by atoms with Crippen LogP contribution in [0.25, 0.3) is 10.9 Å². The largest absolute Gasteiger partial charge is 0.496 e. The molecule has 1 heterocycles. The third-order valence-corrected chi connectivity index (χ3v) is 2.57. The van der Waals surface area contributed by atoms with Crippen LogP contribution in [0.15, 0.2) is 28.9 Å². The van der Waals surface area contributed by atoms with Crippen LogP contribution in [0.4, 0.5) is 4.39 Å². The van der Waals surface area contributed by atoms with Crippen molar-refractivity contribution >= 4 is 26.8 Å². The highest BCUT2D eigenvalue weighted by molar-refractivity contribution is 9.10. The van der Waals surface area contributed by atoms with E-state index in [0.717, 1.165) is 0 Å². The summed E-state index contributed by atoms with van der Waals surface area (Å²) in [5.41, 5.74) is 0.706. The number of rotatable bonds is 1. The Morgan fingerprint density at radius 2 is 2.21 bits per heavy atom. The van der Waals surface area contributed by atoms with Gasteiger partial charge >= 0.3 is 0 Å². The van der Waals surface area contributed by atoms with Gasteiger partial charge in [-0.3, -0.25) is 4.98 Å². The molecular formula is C10H7BrFNO. The molecule has 0 fully saturated rings. The normalized spacial score (nSPS) is 10.5. The van der Waals surface area contributed by atoms with E-state index in [4.69, 9.17) is 4.74 Å². The summed E-state index contributed by atoms with van der Waals surface area (Å²) in [6.45, 7) is 0. The van der Waals surface area contributed by atoms with Crippen molar-refractivity contribution in [1.82, 2.24) is 4.98 Å². The topological polar surface area (TPSA) is 22.1 Å². The second kappa shape index (κ2) is 3.53. The van der Waals surface area contributed by atoms with Crippen LogP contribution in [0.2, 0.25) is 0 Å². The Hall–Kier alpha value is -1.16. The lowest BCUT2D eigenvalue weighted by Crippen LogP contribution is -1.88. The summed E-state index contributed by atoms with van der Waals surface area (Å²) in [5.74, 6) is 0.310. The summed E-state index contributed by atoms with van der Waals surface area (Å²) in [5, 5.41) is 0.677. The number of halogens is 2. The highest BCUT2D eigenvalue weighted by Crippen LogP contribution is 2.28. The van der Waals surface area contributed by atoms with Crippen LogP contribution in [0.3, 0.4) is 0 Å². The molecule has 0 aliphatic heterocycles. The van der Waals surface area contributed by atoms with E-state index < -0.39 is 0 Å². The molecule has 0 unspecified atom stereocenters. The van der Waals surface area contributed by atoms with Crippen LogP contribution >= 0.6 is 15.9 Å². The fourth-order valence-electron chi connectivity index (χ4n) is 1.29. The lowest BCUT2D eigenvalue weighted by atomic mass is 10.2. The lowest BCUT2D eigenvalue weighted by molar-refractivity contribution is 0.419. The molecule has 2 rings (SSSR count). The molecule has 0 amide bonds. The molecule has 0 radical (unpaired) electrons. The Morgan fingerprint density at radius 3 is 2.93 bits per heavy atom. The molecule has 2 nitrogen and oxygen atoms in total. The van der Waals surface area contributed by atoms with E-state index in [1.54, 1.807) is 25.4 Å². The van der Waals surface area contributed by atoms with Gasteiger partial charge in [0.1, 0.15) is 11.6 Å². The van der Waals surface area contributed by atoms with Crippen LogP contribution in [-0.4, -0.2) is 12.1 Å². The SMILES string of the molecule is COc1ccnc2cc(Br)c(F)cc12. The van der Waals surface area contributed by atoms with E-state index in [0.29, 0.717) is 21.1 Å². The average molecular weight is 256 g/mol. The molecule has 0 aliphatic rings. The minimum Gasteiger partial charge on any atom is -0.496 e. The summed E-state index contributed by atoms with van der Waals surface area (Å²) in [6.07, 6.45) is 1.63. The Bertz CT molecular complexity index is 487. The number of nitrogens with zero attached hydrogens (tertiary/aromatic N) is 1. The molecule has 2 aromatic rings. The number of hydrogen-bond donors (Lipinski definition) is 0. The van der Waals surface area contributed by atoms with E-state index in [1.165, 1.54) is 6.07 Å². The number of aromatic nitrogens is 1. The van der Waals surface area contributed by atoms with Crippen molar-refractivity contribution in [2.45, 2.75) is 0 Å². The molecule has 14 heavy (non-hydrogen) atoms. The predicted molar refractivity (Wildman–Crippen MR) is 56.0 cm³/mol. The third-order valence-electron chi connectivity index (χ3n) is 1.96. The molecule has 0 saturated heterocycles. The minimum absolute atomic E-state index is 0.316.